The van der Waals surface area contributed by atoms with Gasteiger partial charge in [0.1, 0.15) is 6.10 Å². The van der Waals surface area contributed by atoms with Gasteiger partial charge in [-0.1, -0.05) is 44.2 Å². The van der Waals surface area contributed by atoms with Crippen LogP contribution < -0.4 is 0 Å². The number of hydrogen-bond donors (Lipinski definition) is 1. The number of carbonyl (C=O) groups excluding carboxylic acids is 2. The van der Waals surface area contributed by atoms with Gasteiger partial charge in [-0.15, -0.1) is 0 Å². The Morgan fingerprint density at radius 3 is 2.43 bits per heavy atom. The van der Waals surface area contributed by atoms with E-state index in [1.54, 1.807) is 0 Å². The molecule has 1 aromatic carbocycles. The van der Waals surface area contributed by atoms with Gasteiger partial charge in [-0.25, -0.2) is 0 Å². The van der Waals surface area contributed by atoms with Gasteiger partial charge in [-0.05, 0) is 24.3 Å². The Morgan fingerprint density at radius 2 is 1.82 bits per heavy atom. The van der Waals surface area contributed by atoms with Crippen molar-refractivity contribution in [1.82, 2.24) is 9.80 Å². The standard InChI is InChI=1S/C22H32N2O4/c1-16(2)14-20(26)23-10-8-18(9-11-23)22(27)24-12-13-28-19(15-25)21(24)17-6-4-3-5-7-17/h3-7,16,18-19,21,25H,8-15H2,1-2H3. The van der Waals surface area contributed by atoms with E-state index < -0.39 is 6.10 Å². The van der Waals surface area contributed by atoms with Crippen molar-refractivity contribution in [2.45, 2.75) is 45.3 Å². The Hall–Kier alpha value is -1.92. The summed E-state index contributed by atoms with van der Waals surface area (Å²) in [6.45, 7) is 6.23. The fourth-order valence-electron chi connectivity index (χ4n) is 4.27. The smallest absolute Gasteiger partial charge is 0.226 e. The molecule has 2 atom stereocenters. The van der Waals surface area contributed by atoms with E-state index in [-0.39, 0.29) is 30.4 Å². The van der Waals surface area contributed by atoms with Crippen LogP contribution in [0, 0.1) is 11.8 Å². The van der Waals surface area contributed by atoms with E-state index in [9.17, 15) is 14.7 Å². The van der Waals surface area contributed by atoms with Gasteiger partial charge >= 0.3 is 0 Å². The van der Waals surface area contributed by atoms with E-state index in [1.807, 2.05) is 54.0 Å². The molecule has 0 spiro atoms. The number of rotatable bonds is 5. The van der Waals surface area contributed by atoms with Gasteiger partial charge < -0.3 is 19.6 Å². The number of piperidine rings is 1. The van der Waals surface area contributed by atoms with Gasteiger partial charge in [0.25, 0.3) is 0 Å². The minimum atomic E-state index is -0.409. The van der Waals surface area contributed by atoms with Gasteiger partial charge in [0.05, 0.1) is 19.3 Å². The molecular formula is C22H32N2O4. The summed E-state index contributed by atoms with van der Waals surface area (Å²) in [5, 5.41) is 9.79. The summed E-state index contributed by atoms with van der Waals surface area (Å²) in [6, 6.07) is 9.52. The molecule has 154 valence electrons. The predicted octanol–water partition coefficient (Wildman–Crippen LogP) is 2.23. The highest BCUT2D eigenvalue weighted by Gasteiger charge is 2.39. The van der Waals surface area contributed by atoms with Crippen molar-refractivity contribution in [1.29, 1.82) is 0 Å². The molecule has 0 saturated carbocycles. The summed E-state index contributed by atoms with van der Waals surface area (Å²) < 4.78 is 5.75. The van der Waals surface area contributed by atoms with E-state index in [2.05, 4.69) is 0 Å². The average Bonchev–Trinajstić information content (AvgIpc) is 2.73. The lowest BCUT2D eigenvalue weighted by molar-refractivity contribution is -0.156. The Labute approximate surface area is 167 Å². The number of amides is 2. The highest BCUT2D eigenvalue weighted by Crippen LogP contribution is 2.32. The summed E-state index contributed by atoms with van der Waals surface area (Å²) >= 11 is 0. The second-order valence-electron chi connectivity index (χ2n) is 8.23. The third-order valence-corrected chi connectivity index (χ3v) is 5.74. The molecule has 2 fully saturated rings. The number of likely N-dealkylation sites (tertiary alicyclic amines) is 1. The molecule has 2 saturated heterocycles. The number of ether oxygens (including phenoxy) is 1. The molecule has 1 N–H and O–H groups in total. The second-order valence-corrected chi connectivity index (χ2v) is 8.23. The first-order valence-electron chi connectivity index (χ1n) is 10.4. The number of morpholine rings is 1. The average molecular weight is 389 g/mol. The van der Waals surface area contributed by atoms with Crippen LogP contribution in [-0.4, -0.2) is 65.7 Å². The van der Waals surface area contributed by atoms with Crippen molar-refractivity contribution in [2.75, 3.05) is 32.8 Å². The van der Waals surface area contributed by atoms with Crippen LogP contribution in [-0.2, 0) is 14.3 Å². The fourth-order valence-corrected chi connectivity index (χ4v) is 4.27. The predicted molar refractivity (Wildman–Crippen MR) is 106 cm³/mol. The van der Waals surface area contributed by atoms with Crippen molar-refractivity contribution in [3.63, 3.8) is 0 Å². The maximum absolute atomic E-state index is 13.3. The van der Waals surface area contributed by atoms with Crippen molar-refractivity contribution in [3.05, 3.63) is 35.9 Å². The molecule has 0 bridgehead atoms. The van der Waals surface area contributed by atoms with Crippen LogP contribution in [0.25, 0.3) is 0 Å². The largest absolute Gasteiger partial charge is 0.394 e. The molecule has 2 unspecified atom stereocenters. The van der Waals surface area contributed by atoms with E-state index in [4.69, 9.17) is 4.74 Å². The lowest BCUT2D eigenvalue weighted by atomic mass is 9.91. The van der Waals surface area contributed by atoms with Crippen molar-refractivity contribution < 1.29 is 19.4 Å². The van der Waals surface area contributed by atoms with E-state index in [1.165, 1.54) is 0 Å². The van der Waals surface area contributed by atoms with Crippen LogP contribution in [0.1, 0.15) is 44.7 Å². The van der Waals surface area contributed by atoms with Crippen molar-refractivity contribution >= 4 is 11.8 Å². The maximum Gasteiger partial charge on any atom is 0.226 e. The summed E-state index contributed by atoms with van der Waals surface area (Å²) in [5.74, 6) is 0.579. The third-order valence-electron chi connectivity index (χ3n) is 5.74. The Kier molecular flexibility index (Phi) is 7.08. The lowest BCUT2D eigenvalue weighted by Crippen LogP contribution is -2.52. The first kappa shape index (κ1) is 20.8. The van der Waals surface area contributed by atoms with Crippen LogP contribution in [0.3, 0.4) is 0 Å². The van der Waals surface area contributed by atoms with Crippen LogP contribution >= 0.6 is 0 Å². The molecule has 2 amide bonds. The molecule has 0 aromatic heterocycles. The quantitative estimate of drug-likeness (QED) is 0.840. The monoisotopic (exact) mass is 388 g/mol. The molecule has 0 aliphatic carbocycles. The fraction of sp³-hybridized carbons (Fsp3) is 0.636. The Balaban J connectivity index is 1.68. The second kappa shape index (κ2) is 9.52. The highest BCUT2D eigenvalue weighted by atomic mass is 16.5. The SMILES string of the molecule is CC(C)CC(=O)N1CCC(C(=O)N2CCOC(CO)C2c2ccccc2)CC1. The van der Waals surface area contributed by atoms with Gasteiger partial charge in [0.2, 0.25) is 11.8 Å². The zero-order valence-electron chi connectivity index (χ0n) is 16.9. The van der Waals surface area contributed by atoms with Crippen LogP contribution in [0.4, 0.5) is 0 Å². The molecule has 28 heavy (non-hydrogen) atoms. The summed E-state index contributed by atoms with van der Waals surface area (Å²) in [7, 11) is 0. The number of carbonyl (C=O) groups is 2. The topological polar surface area (TPSA) is 70.1 Å². The number of aliphatic hydroxyl groups excluding tert-OH is 1. The van der Waals surface area contributed by atoms with Crippen LogP contribution in [0.5, 0.6) is 0 Å². The molecule has 2 aliphatic rings. The lowest BCUT2D eigenvalue weighted by Gasteiger charge is -2.43. The maximum atomic E-state index is 13.3. The normalized spacial score (nSPS) is 23.9. The number of aliphatic hydroxyl groups is 1. The van der Waals surface area contributed by atoms with Gasteiger partial charge in [0, 0.05) is 32.0 Å². The molecule has 1 aromatic rings. The number of hydrogen-bond acceptors (Lipinski definition) is 4. The van der Waals surface area contributed by atoms with Crippen molar-refractivity contribution in [3.8, 4) is 0 Å². The van der Waals surface area contributed by atoms with Crippen LogP contribution in [0.2, 0.25) is 0 Å². The molecular weight excluding hydrogens is 356 g/mol. The molecule has 2 heterocycles. The molecule has 2 aliphatic heterocycles. The highest BCUT2D eigenvalue weighted by molar-refractivity contribution is 5.81. The Morgan fingerprint density at radius 1 is 1.14 bits per heavy atom. The van der Waals surface area contributed by atoms with E-state index in [0.717, 1.165) is 5.56 Å². The van der Waals surface area contributed by atoms with Gasteiger partial charge in [-0.3, -0.25) is 9.59 Å². The minimum absolute atomic E-state index is 0.0771. The first-order valence-corrected chi connectivity index (χ1v) is 10.4. The zero-order chi connectivity index (χ0) is 20.1. The summed E-state index contributed by atoms with van der Waals surface area (Å²) in [6.07, 6.45) is 1.56. The minimum Gasteiger partial charge on any atom is -0.394 e. The summed E-state index contributed by atoms with van der Waals surface area (Å²) in [4.78, 5) is 29.4. The first-order chi connectivity index (χ1) is 13.5. The Bertz CT molecular complexity index is 656. The summed E-state index contributed by atoms with van der Waals surface area (Å²) in [5.41, 5.74) is 0.985. The number of benzene rings is 1. The van der Waals surface area contributed by atoms with Gasteiger partial charge in [0.15, 0.2) is 0 Å². The molecule has 6 nitrogen and oxygen atoms in total. The molecule has 6 heteroatoms. The third kappa shape index (κ3) is 4.73. The van der Waals surface area contributed by atoms with Crippen LogP contribution in [0.15, 0.2) is 30.3 Å². The molecule has 3 rings (SSSR count). The zero-order valence-corrected chi connectivity index (χ0v) is 16.9. The van der Waals surface area contributed by atoms with E-state index >= 15 is 0 Å². The molecule has 0 radical (unpaired) electrons. The van der Waals surface area contributed by atoms with E-state index in [0.29, 0.717) is 51.4 Å². The number of nitrogens with zero attached hydrogens (tertiary/aromatic N) is 2. The van der Waals surface area contributed by atoms with Crippen molar-refractivity contribution in [2.24, 2.45) is 11.8 Å². The van der Waals surface area contributed by atoms with Gasteiger partial charge in [-0.2, -0.15) is 0 Å².